The fourth-order valence-electron chi connectivity index (χ4n) is 3.16. The summed E-state index contributed by atoms with van der Waals surface area (Å²) in [5, 5.41) is 3.03. The third-order valence-electron chi connectivity index (χ3n) is 4.65. The second kappa shape index (κ2) is 7.23. The smallest absolute Gasteiger partial charge is 0.297 e. The first-order valence-corrected chi connectivity index (χ1v) is 8.69. The molecule has 0 unspecified atom stereocenters. The van der Waals surface area contributed by atoms with Crippen LogP contribution in [0.2, 0.25) is 0 Å². The maximum Gasteiger partial charge on any atom is 0.297 e. The van der Waals surface area contributed by atoms with Crippen LogP contribution in [0.3, 0.4) is 0 Å². The van der Waals surface area contributed by atoms with Crippen LogP contribution in [0.5, 0.6) is 0 Å². The number of nitrogens with one attached hydrogen (secondary N) is 1. The Labute approximate surface area is 152 Å². The van der Waals surface area contributed by atoms with Crippen molar-refractivity contribution in [2.24, 2.45) is 0 Å². The monoisotopic (exact) mass is 359 g/mol. The van der Waals surface area contributed by atoms with Crippen LogP contribution in [0.1, 0.15) is 28.3 Å². The Morgan fingerprint density at radius 3 is 2.62 bits per heavy atom. The molecule has 0 saturated carbocycles. The number of aromatic nitrogens is 2. The van der Waals surface area contributed by atoms with Crippen LogP contribution in [-0.4, -0.2) is 59.5 Å². The fraction of sp³-hybridized carbons (Fsp3) is 0.500. The lowest BCUT2D eigenvalue weighted by Crippen LogP contribution is -2.40. The predicted octanol–water partition coefficient (Wildman–Crippen LogP) is 1.19. The van der Waals surface area contributed by atoms with E-state index in [1.54, 1.807) is 23.9 Å². The molecule has 1 atom stereocenters. The van der Waals surface area contributed by atoms with Gasteiger partial charge in [-0.05, 0) is 32.4 Å². The van der Waals surface area contributed by atoms with E-state index >= 15 is 0 Å². The third kappa shape index (κ3) is 3.74. The minimum Gasteiger partial charge on any atom is -0.431 e. The number of rotatable bonds is 5. The number of aryl methyl sites for hydroxylation is 2. The van der Waals surface area contributed by atoms with Crippen LogP contribution in [-0.2, 0) is 11.3 Å². The van der Waals surface area contributed by atoms with Crippen LogP contribution in [0.15, 0.2) is 22.8 Å². The number of hydrogen-bond acceptors (Lipinski definition) is 5. The Morgan fingerprint density at radius 2 is 2.00 bits per heavy atom. The van der Waals surface area contributed by atoms with Gasteiger partial charge in [0.15, 0.2) is 5.69 Å². The fourth-order valence-corrected chi connectivity index (χ4v) is 3.16. The van der Waals surface area contributed by atoms with E-state index in [4.69, 9.17) is 4.42 Å². The normalized spacial score (nSPS) is 16.8. The molecule has 8 nitrogen and oxygen atoms in total. The first-order valence-electron chi connectivity index (χ1n) is 8.69. The first-order chi connectivity index (χ1) is 12.3. The van der Waals surface area contributed by atoms with Gasteiger partial charge < -0.3 is 24.1 Å². The average molecular weight is 359 g/mol. The van der Waals surface area contributed by atoms with Crippen molar-refractivity contribution in [1.82, 2.24) is 19.8 Å². The van der Waals surface area contributed by atoms with Gasteiger partial charge in [-0.1, -0.05) is 0 Å². The molecule has 3 heterocycles. The van der Waals surface area contributed by atoms with E-state index < -0.39 is 0 Å². The molecule has 1 aliphatic heterocycles. The summed E-state index contributed by atoms with van der Waals surface area (Å²) in [7, 11) is 3.60. The quantitative estimate of drug-likeness (QED) is 0.867. The first kappa shape index (κ1) is 18.0. The van der Waals surface area contributed by atoms with E-state index in [0.717, 1.165) is 17.8 Å². The molecule has 1 N–H and O–H groups in total. The van der Waals surface area contributed by atoms with Gasteiger partial charge in [-0.15, -0.1) is 0 Å². The Kier molecular flexibility index (Phi) is 5.01. The number of hydrogen-bond donors (Lipinski definition) is 1. The van der Waals surface area contributed by atoms with Gasteiger partial charge in [-0.3, -0.25) is 9.59 Å². The topological polar surface area (TPSA) is 83.6 Å². The molecule has 1 aliphatic rings. The summed E-state index contributed by atoms with van der Waals surface area (Å²) in [5.74, 6) is -0.210. The number of oxazole rings is 1. The molecular weight excluding hydrogens is 334 g/mol. The van der Waals surface area contributed by atoms with E-state index in [-0.39, 0.29) is 17.9 Å². The number of amides is 2. The van der Waals surface area contributed by atoms with Crippen LogP contribution < -0.4 is 10.2 Å². The zero-order chi connectivity index (χ0) is 18.8. The molecule has 2 amide bonds. The highest BCUT2D eigenvalue weighted by molar-refractivity contribution is 5.92. The number of nitrogens with zero attached hydrogens (tertiary/aromatic N) is 4. The molecule has 140 valence electrons. The van der Waals surface area contributed by atoms with Crippen LogP contribution >= 0.6 is 0 Å². The van der Waals surface area contributed by atoms with Crippen molar-refractivity contribution in [2.75, 3.05) is 32.1 Å². The van der Waals surface area contributed by atoms with Gasteiger partial charge in [0, 0.05) is 44.6 Å². The van der Waals surface area contributed by atoms with E-state index in [2.05, 4.69) is 10.3 Å². The molecule has 3 rings (SSSR count). The minimum atomic E-state index is -0.171. The maximum absolute atomic E-state index is 12.5. The maximum atomic E-state index is 12.5. The van der Waals surface area contributed by atoms with E-state index in [1.165, 1.54) is 6.26 Å². The number of carbonyl (C=O) groups excluding carboxylic acids is 2. The Bertz CT molecular complexity index is 788. The summed E-state index contributed by atoms with van der Waals surface area (Å²) in [5.41, 5.74) is 2.41. The second-order valence-corrected chi connectivity index (χ2v) is 6.92. The Hall–Kier alpha value is -2.77. The molecule has 0 aliphatic carbocycles. The van der Waals surface area contributed by atoms with Crippen molar-refractivity contribution in [3.63, 3.8) is 0 Å². The standard InChI is InChI=1S/C18H25N5O3/c1-12-5-6-13(2)23(12)10-16(24)19-14-7-8-22(9-14)17(25)15-11-26-18(20-15)21(3)4/h5-6,11,14H,7-10H2,1-4H3,(H,19,24)/t14-/m0/s1. The number of likely N-dealkylation sites (tertiary alicyclic amines) is 1. The third-order valence-corrected chi connectivity index (χ3v) is 4.65. The van der Waals surface area contributed by atoms with Crippen molar-refractivity contribution in [3.05, 3.63) is 35.5 Å². The lowest BCUT2D eigenvalue weighted by molar-refractivity contribution is -0.122. The molecule has 2 aromatic rings. The highest BCUT2D eigenvalue weighted by Gasteiger charge is 2.29. The van der Waals surface area contributed by atoms with Gasteiger partial charge >= 0.3 is 0 Å². The Morgan fingerprint density at radius 1 is 1.31 bits per heavy atom. The van der Waals surface area contributed by atoms with Crippen LogP contribution in [0.25, 0.3) is 0 Å². The highest BCUT2D eigenvalue weighted by Crippen LogP contribution is 2.16. The van der Waals surface area contributed by atoms with Crippen molar-refractivity contribution in [1.29, 1.82) is 0 Å². The number of anilines is 1. The van der Waals surface area contributed by atoms with Gasteiger partial charge in [0.25, 0.3) is 11.9 Å². The van der Waals surface area contributed by atoms with Crippen molar-refractivity contribution in [3.8, 4) is 0 Å². The summed E-state index contributed by atoms with van der Waals surface area (Å²) < 4.78 is 7.25. The van der Waals surface area contributed by atoms with Gasteiger partial charge in [0.2, 0.25) is 5.91 Å². The van der Waals surface area contributed by atoms with Crippen molar-refractivity contribution < 1.29 is 14.0 Å². The molecule has 0 aromatic carbocycles. The van der Waals surface area contributed by atoms with Crippen LogP contribution in [0, 0.1) is 13.8 Å². The molecule has 0 spiro atoms. The van der Waals surface area contributed by atoms with Gasteiger partial charge in [0.05, 0.1) is 0 Å². The average Bonchev–Trinajstić information content (AvgIpc) is 3.31. The highest BCUT2D eigenvalue weighted by atomic mass is 16.4. The molecule has 26 heavy (non-hydrogen) atoms. The van der Waals surface area contributed by atoms with E-state index in [0.29, 0.717) is 31.3 Å². The summed E-state index contributed by atoms with van der Waals surface area (Å²) in [6, 6.07) is 4.36. The molecule has 2 aromatic heterocycles. The lowest BCUT2D eigenvalue weighted by Gasteiger charge is -2.17. The van der Waals surface area contributed by atoms with E-state index in [9.17, 15) is 9.59 Å². The minimum absolute atomic E-state index is 0.0389. The predicted molar refractivity (Wildman–Crippen MR) is 97.2 cm³/mol. The molecule has 1 saturated heterocycles. The molecule has 0 bridgehead atoms. The van der Waals surface area contributed by atoms with Gasteiger partial charge in [-0.25, -0.2) is 0 Å². The van der Waals surface area contributed by atoms with Crippen molar-refractivity contribution in [2.45, 2.75) is 32.9 Å². The van der Waals surface area contributed by atoms with E-state index in [1.807, 2.05) is 30.5 Å². The summed E-state index contributed by atoms with van der Waals surface area (Å²) in [4.78, 5) is 32.4. The molecule has 8 heteroatoms. The summed E-state index contributed by atoms with van der Waals surface area (Å²) in [6.07, 6.45) is 2.11. The Balaban J connectivity index is 1.54. The largest absolute Gasteiger partial charge is 0.431 e. The lowest BCUT2D eigenvalue weighted by atomic mass is 10.2. The second-order valence-electron chi connectivity index (χ2n) is 6.92. The molecular formula is C18H25N5O3. The van der Waals surface area contributed by atoms with Crippen LogP contribution in [0.4, 0.5) is 6.01 Å². The zero-order valence-electron chi connectivity index (χ0n) is 15.7. The number of carbonyl (C=O) groups is 2. The zero-order valence-corrected chi connectivity index (χ0v) is 15.7. The van der Waals surface area contributed by atoms with Gasteiger partial charge in [0.1, 0.15) is 12.8 Å². The van der Waals surface area contributed by atoms with Gasteiger partial charge in [-0.2, -0.15) is 4.98 Å². The summed E-state index contributed by atoms with van der Waals surface area (Å²) >= 11 is 0. The van der Waals surface area contributed by atoms with Crippen molar-refractivity contribution >= 4 is 17.8 Å². The molecule has 1 fully saturated rings. The summed E-state index contributed by atoms with van der Waals surface area (Å²) in [6.45, 7) is 5.34. The SMILES string of the molecule is Cc1ccc(C)n1CC(=O)N[C@H]1CCN(C(=O)c2coc(N(C)C)n2)C1. The molecule has 0 radical (unpaired) electrons.